The van der Waals surface area contributed by atoms with Gasteiger partial charge in [-0.3, -0.25) is 14.9 Å². The third-order valence-corrected chi connectivity index (χ3v) is 4.49. The predicted octanol–water partition coefficient (Wildman–Crippen LogP) is 3.03. The van der Waals surface area contributed by atoms with Gasteiger partial charge < -0.3 is 20.1 Å². The molecule has 3 N–H and O–H groups in total. The highest BCUT2D eigenvalue weighted by Gasteiger charge is 2.16. The van der Waals surface area contributed by atoms with Crippen LogP contribution >= 0.6 is 0 Å². The lowest BCUT2D eigenvalue weighted by Crippen LogP contribution is -2.36. The number of hydrogen-bond donors (Lipinski definition) is 3. The summed E-state index contributed by atoms with van der Waals surface area (Å²) in [5, 5.41) is 8.63. The van der Waals surface area contributed by atoms with Crippen LogP contribution in [0, 0.1) is 0 Å². The van der Waals surface area contributed by atoms with Crippen molar-refractivity contribution < 1.29 is 19.1 Å². The summed E-state index contributed by atoms with van der Waals surface area (Å²) in [5.41, 5.74) is 1.68. The molecular formula is C22H26N4O4. The molecule has 8 heteroatoms. The molecule has 8 nitrogen and oxygen atoms in total. The van der Waals surface area contributed by atoms with Crippen LogP contribution in [0.15, 0.2) is 53.5 Å². The average molecular weight is 410 g/mol. The molecule has 0 aliphatic carbocycles. The van der Waals surface area contributed by atoms with Gasteiger partial charge in [-0.25, -0.2) is 4.99 Å². The van der Waals surface area contributed by atoms with Gasteiger partial charge in [0, 0.05) is 36.5 Å². The summed E-state index contributed by atoms with van der Waals surface area (Å²) in [4.78, 5) is 28.6. The Bertz CT molecular complexity index is 923. The first kappa shape index (κ1) is 21.3. The Kier molecular flexibility index (Phi) is 7.40. The van der Waals surface area contributed by atoms with Crippen LogP contribution in [0.3, 0.4) is 0 Å². The maximum absolute atomic E-state index is 12.8. The van der Waals surface area contributed by atoms with Crippen molar-refractivity contribution in [2.75, 3.05) is 30.9 Å². The van der Waals surface area contributed by atoms with E-state index in [9.17, 15) is 9.59 Å². The second-order valence-corrected chi connectivity index (χ2v) is 6.90. The van der Waals surface area contributed by atoms with E-state index in [0.717, 1.165) is 25.1 Å². The van der Waals surface area contributed by atoms with E-state index in [1.54, 1.807) is 31.4 Å². The molecule has 2 aromatic carbocycles. The first-order chi connectivity index (χ1) is 14.5. The van der Waals surface area contributed by atoms with Crippen molar-refractivity contribution in [3.63, 3.8) is 0 Å². The van der Waals surface area contributed by atoms with Gasteiger partial charge in [-0.05, 0) is 43.2 Å². The number of ether oxygens (including phenoxy) is 2. The highest BCUT2D eigenvalue weighted by atomic mass is 16.5. The monoisotopic (exact) mass is 410 g/mol. The lowest BCUT2D eigenvalue weighted by Gasteiger charge is -2.14. The molecule has 0 aromatic heterocycles. The molecule has 1 heterocycles. The van der Waals surface area contributed by atoms with Crippen LogP contribution in [0.5, 0.6) is 5.75 Å². The maximum atomic E-state index is 12.8. The van der Waals surface area contributed by atoms with Crippen LogP contribution in [0.2, 0.25) is 0 Å². The molecule has 1 aliphatic heterocycles. The zero-order valence-electron chi connectivity index (χ0n) is 17.1. The van der Waals surface area contributed by atoms with Crippen molar-refractivity contribution in [1.82, 2.24) is 5.32 Å². The number of rotatable bonds is 6. The van der Waals surface area contributed by atoms with Gasteiger partial charge in [-0.2, -0.15) is 0 Å². The molecule has 0 saturated carbocycles. The maximum Gasteiger partial charge on any atom is 0.258 e. The summed E-state index contributed by atoms with van der Waals surface area (Å²) in [6.07, 6.45) is 2.01. The molecule has 1 aliphatic rings. The van der Waals surface area contributed by atoms with Gasteiger partial charge >= 0.3 is 0 Å². The summed E-state index contributed by atoms with van der Waals surface area (Å²) in [7, 11) is 1.59. The zero-order chi connectivity index (χ0) is 21.3. The lowest BCUT2D eigenvalue weighted by molar-refractivity contribution is -0.114. The zero-order valence-corrected chi connectivity index (χ0v) is 17.1. The van der Waals surface area contributed by atoms with Crippen LogP contribution in [-0.4, -0.2) is 44.1 Å². The second kappa shape index (κ2) is 10.4. The number of nitrogens with zero attached hydrogens (tertiary/aromatic N) is 1. The summed E-state index contributed by atoms with van der Waals surface area (Å²) in [6.45, 7) is 2.60. The van der Waals surface area contributed by atoms with Gasteiger partial charge in [-0.1, -0.05) is 12.1 Å². The van der Waals surface area contributed by atoms with Crippen molar-refractivity contribution in [3.05, 3.63) is 54.1 Å². The van der Waals surface area contributed by atoms with Crippen molar-refractivity contribution in [1.29, 1.82) is 0 Å². The highest BCUT2D eigenvalue weighted by Crippen LogP contribution is 2.17. The fourth-order valence-corrected chi connectivity index (χ4v) is 3.05. The molecule has 1 atom stereocenters. The normalized spacial score (nSPS) is 16.1. The van der Waals surface area contributed by atoms with Gasteiger partial charge in [-0.15, -0.1) is 0 Å². The lowest BCUT2D eigenvalue weighted by atomic mass is 10.2. The fourth-order valence-electron chi connectivity index (χ4n) is 3.05. The number of hydrogen-bond acceptors (Lipinski definition) is 5. The molecule has 1 unspecified atom stereocenters. The Morgan fingerprint density at radius 3 is 2.60 bits per heavy atom. The Hall–Kier alpha value is -3.39. The van der Waals surface area contributed by atoms with E-state index in [2.05, 4.69) is 20.9 Å². The highest BCUT2D eigenvalue weighted by molar-refractivity contribution is 6.10. The van der Waals surface area contributed by atoms with Crippen LogP contribution in [0.25, 0.3) is 0 Å². The minimum absolute atomic E-state index is 0.0482. The van der Waals surface area contributed by atoms with E-state index < -0.39 is 0 Å². The topological polar surface area (TPSA) is 101 Å². The smallest absolute Gasteiger partial charge is 0.258 e. The van der Waals surface area contributed by atoms with Gasteiger partial charge in [0.2, 0.25) is 11.9 Å². The third kappa shape index (κ3) is 6.31. The number of nitrogens with one attached hydrogen (secondary N) is 3. The van der Waals surface area contributed by atoms with Crippen molar-refractivity contribution in [3.8, 4) is 5.75 Å². The molecule has 2 amide bonds. The molecule has 2 aromatic rings. The van der Waals surface area contributed by atoms with E-state index in [-0.39, 0.29) is 17.9 Å². The first-order valence-electron chi connectivity index (χ1n) is 9.79. The number of methoxy groups -OCH3 is 1. The molecule has 30 heavy (non-hydrogen) atoms. The quantitative estimate of drug-likeness (QED) is 0.502. The van der Waals surface area contributed by atoms with E-state index in [4.69, 9.17) is 9.47 Å². The molecule has 3 rings (SSSR count). The number of aliphatic imine (C=N–C) groups is 1. The molecule has 1 saturated heterocycles. The van der Waals surface area contributed by atoms with Crippen LogP contribution in [-0.2, 0) is 9.53 Å². The van der Waals surface area contributed by atoms with E-state index in [0.29, 0.717) is 29.5 Å². The third-order valence-electron chi connectivity index (χ3n) is 4.49. The number of anilines is 2. The Balaban J connectivity index is 1.76. The minimum atomic E-state index is -0.344. The second-order valence-electron chi connectivity index (χ2n) is 6.90. The van der Waals surface area contributed by atoms with E-state index >= 15 is 0 Å². The summed E-state index contributed by atoms with van der Waals surface area (Å²) < 4.78 is 10.9. The molecule has 0 bridgehead atoms. The van der Waals surface area contributed by atoms with Gasteiger partial charge in [0.15, 0.2) is 0 Å². The first-order valence-corrected chi connectivity index (χ1v) is 9.79. The largest absolute Gasteiger partial charge is 0.497 e. The van der Waals surface area contributed by atoms with E-state index in [1.165, 1.54) is 6.92 Å². The average Bonchev–Trinajstić information content (AvgIpc) is 3.25. The molecular weight excluding hydrogens is 384 g/mol. The van der Waals surface area contributed by atoms with Gasteiger partial charge in [0.05, 0.1) is 19.8 Å². The minimum Gasteiger partial charge on any atom is -0.497 e. The molecule has 158 valence electrons. The van der Waals surface area contributed by atoms with Crippen LogP contribution in [0.4, 0.5) is 11.4 Å². The number of benzene rings is 2. The number of carbonyl (C=O) groups is 2. The Morgan fingerprint density at radius 2 is 1.90 bits per heavy atom. The van der Waals surface area contributed by atoms with E-state index in [1.807, 2.05) is 24.3 Å². The van der Waals surface area contributed by atoms with Crippen molar-refractivity contribution in [2.24, 2.45) is 4.99 Å². The standard InChI is InChI=1S/C22H26N4O4/c1-15(27)24-17-7-3-6-16(12-17)21(28)26-22(23-14-20-10-5-11-30-20)25-18-8-4-9-19(13-18)29-2/h3-4,6-9,12-13,20H,5,10-11,14H2,1-2H3,(H,24,27)(H2,23,25,26,28). The van der Waals surface area contributed by atoms with Crippen LogP contribution in [0.1, 0.15) is 30.1 Å². The predicted molar refractivity (Wildman–Crippen MR) is 116 cm³/mol. The molecule has 0 radical (unpaired) electrons. The fraction of sp³-hybridized carbons (Fsp3) is 0.318. The summed E-state index contributed by atoms with van der Waals surface area (Å²) >= 11 is 0. The molecule has 0 spiro atoms. The Morgan fingerprint density at radius 1 is 1.13 bits per heavy atom. The summed E-state index contributed by atoms with van der Waals surface area (Å²) in [5.74, 6) is 0.455. The number of guanidine groups is 1. The van der Waals surface area contributed by atoms with Gasteiger partial charge in [0.25, 0.3) is 5.91 Å². The Labute approximate surface area is 175 Å². The summed E-state index contributed by atoms with van der Waals surface area (Å²) in [6, 6.07) is 14.1. The number of amides is 2. The van der Waals surface area contributed by atoms with Crippen molar-refractivity contribution >= 4 is 29.1 Å². The van der Waals surface area contributed by atoms with Crippen LogP contribution < -0.4 is 20.7 Å². The molecule has 1 fully saturated rings. The SMILES string of the molecule is COc1cccc(NC(=NCC2CCCO2)NC(=O)c2cccc(NC(C)=O)c2)c1. The van der Waals surface area contributed by atoms with Crippen molar-refractivity contribution in [2.45, 2.75) is 25.9 Å². The van der Waals surface area contributed by atoms with Gasteiger partial charge in [0.1, 0.15) is 5.75 Å². The number of carbonyl (C=O) groups excluding carboxylic acids is 2.